The van der Waals surface area contributed by atoms with Gasteiger partial charge in [-0.15, -0.1) is 0 Å². The molecule has 0 unspecified atom stereocenters. The van der Waals surface area contributed by atoms with Crippen molar-refractivity contribution in [1.29, 1.82) is 0 Å². The lowest BCUT2D eigenvalue weighted by atomic mass is 9.98. The molecule has 0 aliphatic carbocycles. The molecular formula is C32H53ClFNO9. The van der Waals surface area contributed by atoms with Gasteiger partial charge in [0.2, 0.25) is 5.91 Å². The fourth-order valence-electron chi connectivity index (χ4n) is 5.38. The summed E-state index contributed by atoms with van der Waals surface area (Å²) in [7, 11) is 0. The van der Waals surface area contributed by atoms with Crippen molar-refractivity contribution in [3.8, 4) is 0 Å². The van der Waals surface area contributed by atoms with Gasteiger partial charge in [0.25, 0.3) is 0 Å². The molecule has 1 amide bonds. The first-order valence-corrected chi connectivity index (χ1v) is 16.5. The maximum Gasteiger partial charge on any atom is 0.224 e. The van der Waals surface area contributed by atoms with Crippen molar-refractivity contribution in [2.75, 3.05) is 13.2 Å². The molecule has 1 aromatic rings. The number of aliphatic hydroxyl groups excluding tert-OH is 6. The average Bonchev–Trinajstić information content (AvgIpc) is 3.00. The molecule has 7 N–H and O–H groups in total. The molecule has 1 aromatic carbocycles. The summed E-state index contributed by atoms with van der Waals surface area (Å²) in [6.07, 6.45) is 3.23. The molecule has 0 bridgehead atoms. The highest BCUT2D eigenvalue weighted by atomic mass is 35.5. The smallest absolute Gasteiger partial charge is 0.224 e. The van der Waals surface area contributed by atoms with E-state index in [1.165, 1.54) is 69.6 Å². The zero-order valence-corrected chi connectivity index (χ0v) is 26.6. The molecule has 254 valence electrons. The number of carbonyl (C=O) groups excluding carboxylic acids is 1. The highest BCUT2D eigenvalue weighted by Gasteiger charge is 2.44. The van der Waals surface area contributed by atoms with Gasteiger partial charge in [-0.3, -0.25) is 4.79 Å². The van der Waals surface area contributed by atoms with Gasteiger partial charge < -0.3 is 45.4 Å². The van der Waals surface area contributed by atoms with Crippen LogP contribution in [0.5, 0.6) is 0 Å². The van der Waals surface area contributed by atoms with Crippen LogP contribution in [-0.2, 0) is 20.7 Å². The van der Waals surface area contributed by atoms with E-state index in [9.17, 15) is 39.8 Å². The standard InChI is InChI=1S/C32H53ClFNO9/c1-2-3-4-5-6-7-8-9-10-11-12-13-17-25(37)28(39)24(35-27(38)18-21-22(33)15-14-16-23(21)34)20-43-32-31(42)30(41)29(40)26(19-36)44-32/h14-16,24-26,28-32,36-37,39-42H,2-13,17-20H2,1H3,(H,35,38)/t24-,25+,26+,28-,29-,30-,31+,32-/m0/s1. The first-order valence-electron chi connectivity index (χ1n) is 16.1. The van der Waals surface area contributed by atoms with Gasteiger partial charge in [-0.25, -0.2) is 4.39 Å². The summed E-state index contributed by atoms with van der Waals surface area (Å²) in [5.74, 6) is -1.37. The predicted octanol–water partition coefficient (Wildman–Crippen LogP) is 3.14. The molecule has 0 saturated carbocycles. The minimum atomic E-state index is -1.69. The van der Waals surface area contributed by atoms with Crippen molar-refractivity contribution in [3.63, 3.8) is 0 Å². The van der Waals surface area contributed by atoms with Crippen molar-refractivity contribution in [3.05, 3.63) is 34.6 Å². The number of rotatable bonds is 22. The molecule has 1 saturated heterocycles. The predicted molar refractivity (Wildman–Crippen MR) is 164 cm³/mol. The number of amides is 1. The Morgan fingerprint density at radius 2 is 1.55 bits per heavy atom. The van der Waals surface area contributed by atoms with Crippen LogP contribution < -0.4 is 5.32 Å². The van der Waals surface area contributed by atoms with Gasteiger partial charge in [-0.1, -0.05) is 102 Å². The number of halogens is 2. The Bertz CT molecular complexity index is 923. The molecule has 1 aliphatic heterocycles. The number of carbonyl (C=O) groups is 1. The van der Waals surface area contributed by atoms with Crippen molar-refractivity contribution >= 4 is 17.5 Å². The fourth-order valence-corrected chi connectivity index (χ4v) is 5.61. The number of hydrogen-bond acceptors (Lipinski definition) is 9. The second-order valence-electron chi connectivity index (χ2n) is 11.8. The third kappa shape index (κ3) is 13.1. The molecule has 0 spiro atoms. The maximum absolute atomic E-state index is 14.3. The summed E-state index contributed by atoms with van der Waals surface area (Å²) in [5.41, 5.74) is -0.0354. The van der Waals surface area contributed by atoms with Crippen LogP contribution >= 0.6 is 11.6 Å². The second kappa shape index (κ2) is 21.4. The zero-order chi connectivity index (χ0) is 32.5. The largest absolute Gasteiger partial charge is 0.394 e. The van der Waals surface area contributed by atoms with Crippen LogP contribution in [-0.4, -0.2) is 98.7 Å². The number of nitrogens with one attached hydrogen (secondary N) is 1. The lowest BCUT2D eigenvalue weighted by molar-refractivity contribution is -0.303. The fraction of sp³-hybridized carbons (Fsp3) is 0.781. The summed E-state index contributed by atoms with van der Waals surface area (Å²) in [5, 5.41) is 64.2. The van der Waals surface area contributed by atoms with E-state index >= 15 is 0 Å². The van der Waals surface area contributed by atoms with Crippen LogP contribution in [0, 0.1) is 5.82 Å². The van der Waals surface area contributed by atoms with E-state index in [0.717, 1.165) is 19.3 Å². The molecule has 1 aliphatic rings. The highest BCUT2D eigenvalue weighted by molar-refractivity contribution is 6.31. The molecule has 0 radical (unpaired) electrons. The Morgan fingerprint density at radius 3 is 2.11 bits per heavy atom. The number of hydrogen-bond donors (Lipinski definition) is 7. The van der Waals surface area contributed by atoms with Crippen LogP contribution in [0.4, 0.5) is 4.39 Å². The third-order valence-electron chi connectivity index (χ3n) is 8.19. The Labute approximate surface area is 265 Å². The van der Waals surface area contributed by atoms with Gasteiger partial charge in [0.15, 0.2) is 6.29 Å². The third-order valence-corrected chi connectivity index (χ3v) is 8.55. The SMILES string of the molecule is CCCCCCCCCCCCCC[C@@H](O)[C@@H](O)[C@H](CO[C@H]1O[C@H](CO)[C@H](O)[C@H](O)[C@H]1O)NC(=O)Cc1c(F)cccc1Cl. The molecule has 10 nitrogen and oxygen atoms in total. The van der Waals surface area contributed by atoms with Crippen LogP contribution in [0.2, 0.25) is 5.02 Å². The van der Waals surface area contributed by atoms with Gasteiger partial charge >= 0.3 is 0 Å². The minimum absolute atomic E-state index is 0.0354. The first kappa shape index (κ1) is 38.8. The molecule has 2 rings (SSSR count). The van der Waals surface area contributed by atoms with Gasteiger partial charge in [0.1, 0.15) is 36.3 Å². The maximum atomic E-state index is 14.3. The Hall–Kier alpha value is -1.41. The average molecular weight is 650 g/mol. The molecule has 8 atom stereocenters. The first-order chi connectivity index (χ1) is 21.1. The van der Waals surface area contributed by atoms with E-state index in [1.807, 2.05) is 0 Å². The highest BCUT2D eigenvalue weighted by Crippen LogP contribution is 2.23. The molecule has 1 fully saturated rings. The van der Waals surface area contributed by atoms with Crippen LogP contribution in [0.1, 0.15) is 96.0 Å². The van der Waals surface area contributed by atoms with E-state index in [1.54, 1.807) is 0 Å². The van der Waals surface area contributed by atoms with E-state index in [-0.39, 0.29) is 17.0 Å². The Balaban J connectivity index is 1.90. The molecular weight excluding hydrogens is 597 g/mol. The van der Waals surface area contributed by atoms with Crippen molar-refractivity contribution in [1.82, 2.24) is 5.32 Å². The van der Waals surface area contributed by atoms with Crippen molar-refractivity contribution in [2.24, 2.45) is 0 Å². The van der Waals surface area contributed by atoms with E-state index in [4.69, 9.17) is 21.1 Å². The number of aliphatic hydroxyl groups is 6. The van der Waals surface area contributed by atoms with Crippen LogP contribution in [0.25, 0.3) is 0 Å². The molecule has 1 heterocycles. The quantitative estimate of drug-likeness (QED) is 0.0933. The van der Waals surface area contributed by atoms with Gasteiger partial charge in [-0.05, 0) is 18.6 Å². The van der Waals surface area contributed by atoms with Crippen molar-refractivity contribution < 1.29 is 49.3 Å². The lowest BCUT2D eigenvalue weighted by Gasteiger charge is -2.40. The van der Waals surface area contributed by atoms with E-state index in [0.29, 0.717) is 6.42 Å². The summed E-state index contributed by atoms with van der Waals surface area (Å²) in [6.45, 7) is 1.08. The van der Waals surface area contributed by atoms with Crippen molar-refractivity contribution in [2.45, 2.75) is 146 Å². The van der Waals surface area contributed by atoms with Gasteiger partial charge in [0.05, 0.1) is 31.8 Å². The Kier molecular flexibility index (Phi) is 18.9. The number of unbranched alkanes of at least 4 members (excludes halogenated alkanes) is 11. The number of ether oxygens (including phenoxy) is 2. The normalized spacial score (nSPS) is 24.2. The lowest BCUT2D eigenvalue weighted by Crippen LogP contribution is -2.60. The minimum Gasteiger partial charge on any atom is -0.394 e. The van der Waals surface area contributed by atoms with Gasteiger partial charge in [0, 0.05) is 10.6 Å². The molecule has 0 aromatic heterocycles. The Morgan fingerprint density at radius 1 is 0.955 bits per heavy atom. The summed E-state index contributed by atoms with van der Waals surface area (Å²) in [6, 6.07) is 2.81. The summed E-state index contributed by atoms with van der Waals surface area (Å²) >= 11 is 6.05. The summed E-state index contributed by atoms with van der Waals surface area (Å²) < 4.78 is 25.2. The van der Waals surface area contributed by atoms with E-state index < -0.39 is 80.3 Å². The van der Waals surface area contributed by atoms with Crippen LogP contribution in [0.15, 0.2) is 18.2 Å². The van der Waals surface area contributed by atoms with Crippen LogP contribution in [0.3, 0.4) is 0 Å². The summed E-state index contributed by atoms with van der Waals surface area (Å²) in [4.78, 5) is 12.9. The second-order valence-corrected chi connectivity index (χ2v) is 12.2. The molecule has 12 heteroatoms. The van der Waals surface area contributed by atoms with E-state index in [2.05, 4.69) is 12.2 Å². The zero-order valence-electron chi connectivity index (χ0n) is 25.8. The molecule has 44 heavy (non-hydrogen) atoms. The van der Waals surface area contributed by atoms with Gasteiger partial charge in [-0.2, -0.15) is 0 Å². The monoisotopic (exact) mass is 649 g/mol. The topological polar surface area (TPSA) is 169 Å². The number of benzene rings is 1.